The number of halogens is 1. The van der Waals surface area contributed by atoms with E-state index in [-0.39, 0.29) is 11.5 Å². The molecule has 0 fully saturated rings. The largest absolute Gasteiger partial charge is 0.444 e. The highest BCUT2D eigenvalue weighted by atomic mass is 32.1. The second-order valence-corrected chi connectivity index (χ2v) is 6.15. The minimum Gasteiger partial charge on any atom is -0.444 e. The molecular weight excluding hydrogens is 309 g/mol. The van der Waals surface area contributed by atoms with Gasteiger partial charge in [0.2, 0.25) is 0 Å². The summed E-state index contributed by atoms with van der Waals surface area (Å²) >= 11 is 5.14. The number of imidazole rings is 1. The molecule has 0 spiro atoms. The van der Waals surface area contributed by atoms with E-state index in [1.165, 1.54) is 18.2 Å². The third-order valence-corrected chi connectivity index (χ3v) is 3.00. The summed E-state index contributed by atoms with van der Waals surface area (Å²) in [5.74, 6) is -0.483. The number of rotatable bonds is 2. The SMILES string of the molecule is CC(C)(C)OC(=O)NCC(=S)n1c(=O)[nH]c2ccc(F)cc21. The van der Waals surface area contributed by atoms with Gasteiger partial charge in [-0.15, -0.1) is 0 Å². The minimum absolute atomic E-state index is 0.0758. The number of nitrogens with one attached hydrogen (secondary N) is 2. The van der Waals surface area contributed by atoms with Crippen molar-refractivity contribution in [1.29, 1.82) is 0 Å². The van der Waals surface area contributed by atoms with Crippen LogP contribution >= 0.6 is 12.2 Å². The van der Waals surface area contributed by atoms with Gasteiger partial charge < -0.3 is 15.0 Å². The number of carbonyl (C=O) groups is 1. The van der Waals surface area contributed by atoms with Gasteiger partial charge in [0.05, 0.1) is 17.6 Å². The van der Waals surface area contributed by atoms with Crippen LogP contribution < -0.4 is 11.0 Å². The Hall–Kier alpha value is -2.22. The quantitative estimate of drug-likeness (QED) is 0.830. The van der Waals surface area contributed by atoms with E-state index in [0.29, 0.717) is 11.0 Å². The molecule has 2 aromatic rings. The normalized spacial score (nSPS) is 11.5. The van der Waals surface area contributed by atoms with Gasteiger partial charge in [-0.05, 0) is 32.9 Å². The number of fused-ring (bicyclic) bond motifs is 1. The number of amides is 1. The summed E-state index contributed by atoms with van der Waals surface area (Å²) in [5, 5.41) is 2.46. The summed E-state index contributed by atoms with van der Waals surface area (Å²) < 4.78 is 19.5. The maximum Gasteiger partial charge on any atom is 0.408 e. The van der Waals surface area contributed by atoms with Crippen LogP contribution in [0.15, 0.2) is 23.0 Å². The van der Waals surface area contributed by atoms with Gasteiger partial charge in [-0.25, -0.2) is 14.0 Å². The lowest BCUT2D eigenvalue weighted by Gasteiger charge is -2.19. The first-order valence-electron chi connectivity index (χ1n) is 6.58. The van der Waals surface area contributed by atoms with Gasteiger partial charge >= 0.3 is 11.8 Å². The van der Waals surface area contributed by atoms with Gasteiger partial charge in [0.25, 0.3) is 0 Å². The Morgan fingerprint density at radius 2 is 2.14 bits per heavy atom. The van der Waals surface area contributed by atoms with Crippen LogP contribution in [0.4, 0.5) is 9.18 Å². The molecule has 22 heavy (non-hydrogen) atoms. The summed E-state index contributed by atoms with van der Waals surface area (Å²) in [4.78, 5) is 26.2. The third-order valence-electron chi connectivity index (χ3n) is 2.68. The lowest BCUT2D eigenvalue weighted by molar-refractivity contribution is 0.0536. The van der Waals surface area contributed by atoms with Crippen molar-refractivity contribution in [3.63, 3.8) is 0 Å². The van der Waals surface area contributed by atoms with E-state index >= 15 is 0 Å². The molecule has 2 rings (SSSR count). The molecule has 0 aliphatic rings. The van der Waals surface area contributed by atoms with Crippen molar-refractivity contribution in [1.82, 2.24) is 14.9 Å². The lowest BCUT2D eigenvalue weighted by Crippen LogP contribution is -2.38. The second kappa shape index (κ2) is 5.88. The fourth-order valence-electron chi connectivity index (χ4n) is 1.86. The topological polar surface area (TPSA) is 76.1 Å². The molecule has 0 saturated heterocycles. The van der Waals surface area contributed by atoms with E-state index in [9.17, 15) is 14.0 Å². The van der Waals surface area contributed by atoms with Crippen LogP contribution in [0.5, 0.6) is 0 Å². The summed E-state index contributed by atoms with van der Waals surface area (Å²) in [6.45, 7) is 5.13. The van der Waals surface area contributed by atoms with Crippen LogP contribution in [0.25, 0.3) is 11.0 Å². The first kappa shape index (κ1) is 16.2. The van der Waals surface area contributed by atoms with Gasteiger partial charge in [-0.1, -0.05) is 12.2 Å². The third kappa shape index (κ3) is 3.70. The summed E-state index contributed by atoms with van der Waals surface area (Å²) in [5.41, 5.74) is -0.337. The number of hydrogen-bond acceptors (Lipinski definition) is 4. The van der Waals surface area contributed by atoms with Crippen molar-refractivity contribution in [2.75, 3.05) is 6.54 Å². The van der Waals surface area contributed by atoms with E-state index in [1.54, 1.807) is 20.8 Å². The monoisotopic (exact) mass is 325 g/mol. The standard InChI is InChI=1S/C14H16FN3O3S/c1-14(2,3)21-13(20)16-7-11(22)18-10-6-8(15)4-5-9(10)17-12(18)19/h4-6H,7H2,1-3H3,(H,16,20)(H,17,19). The van der Waals surface area contributed by atoms with Crippen LogP contribution in [0.3, 0.4) is 0 Å². The molecule has 118 valence electrons. The molecule has 0 aliphatic carbocycles. The van der Waals surface area contributed by atoms with Gasteiger partial charge in [-0.3, -0.25) is 4.57 Å². The Labute approximate surface area is 131 Å². The molecule has 1 heterocycles. The molecule has 1 amide bonds. The van der Waals surface area contributed by atoms with Gasteiger partial charge in [0, 0.05) is 6.07 Å². The van der Waals surface area contributed by atoms with E-state index in [4.69, 9.17) is 17.0 Å². The molecule has 2 N–H and O–H groups in total. The zero-order valence-corrected chi connectivity index (χ0v) is 13.2. The maximum absolute atomic E-state index is 13.3. The summed E-state index contributed by atoms with van der Waals surface area (Å²) in [7, 11) is 0. The van der Waals surface area contributed by atoms with Crippen LogP contribution in [0.2, 0.25) is 0 Å². The molecule has 8 heteroatoms. The molecule has 1 aromatic heterocycles. The molecule has 0 unspecified atom stereocenters. The molecule has 1 aromatic carbocycles. The van der Waals surface area contributed by atoms with E-state index < -0.39 is 23.2 Å². The van der Waals surface area contributed by atoms with Crippen LogP contribution in [-0.2, 0) is 4.74 Å². The Morgan fingerprint density at radius 1 is 1.45 bits per heavy atom. The van der Waals surface area contributed by atoms with Crippen molar-refractivity contribution in [2.24, 2.45) is 0 Å². The number of aromatic nitrogens is 2. The number of hydrogen-bond donors (Lipinski definition) is 2. The zero-order chi connectivity index (χ0) is 16.5. The molecular formula is C14H16FN3O3S. The average molecular weight is 325 g/mol. The fraction of sp³-hybridized carbons (Fsp3) is 0.357. The summed E-state index contributed by atoms with van der Waals surface area (Å²) in [6, 6.07) is 3.89. The number of nitrogens with zero attached hydrogens (tertiary/aromatic N) is 1. The van der Waals surface area contributed by atoms with E-state index in [2.05, 4.69) is 10.3 Å². The van der Waals surface area contributed by atoms with E-state index in [1.807, 2.05) is 0 Å². The van der Waals surface area contributed by atoms with Crippen molar-refractivity contribution in [3.05, 3.63) is 34.5 Å². The Balaban J connectivity index is 2.17. The van der Waals surface area contributed by atoms with Crippen LogP contribution in [0, 0.1) is 5.82 Å². The second-order valence-electron chi connectivity index (χ2n) is 5.68. The van der Waals surface area contributed by atoms with Crippen molar-refractivity contribution in [3.8, 4) is 0 Å². The van der Waals surface area contributed by atoms with Crippen molar-refractivity contribution < 1.29 is 13.9 Å². The Kier molecular flexibility index (Phi) is 4.32. The van der Waals surface area contributed by atoms with E-state index in [0.717, 1.165) is 4.57 Å². The number of aromatic amines is 1. The highest BCUT2D eigenvalue weighted by Gasteiger charge is 2.17. The zero-order valence-electron chi connectivity index (χ0n) is 12.4. The first-order valence-corrected chi connectivity index (χ1v) is 6.98. The molecule has 0 radical (unpaired) electrons. The highest BCUT2D eigenvalue weighted by Crippen LogP contribution is 2.12. The van der Waals surface area contributed by atoms with Crippen LogP contribution in [-0.4, -0.2) is 32.8 Å². The van der Waals surface area contributed by atoms with Crippen molar-refractivity contribution in [2.45, 2.75) is 26.4 Å². The lowest BCUT2D eigenvalue weighted by atomic mass is 10.2. The van der Waals surface area contributed by atoms with Gasteiger partial charge in [-0.2, -0.15) is 0 Å². The summed E-state index contributed by atoms with van der Waals surface area (Å²) in [6.07, 6.45) is -0.645. The van der Waals surface area contributed by atoms with Gasteiger partial charge in [0.1, 0.15) is 16.4 Å². The smallest absolute Gasteiger partial charge is 0.408 e. The average Bonchev–Trinajstić information content (AvgIpc) is 2.69. The number of ether oxygens (including phenoxy) is 1. The molecule has 0 bridgehead atoms. The fourth-order valence-corrected chi connectivity index (χ4v) is 2.12. The van der Waals surface area contributed by atoms with Crippen LogP contribution in [0.1, 0.15) is 20.8 Å². The highest BCUT2D eigenvalue weighted by molar-refractivity contribution is 7.80. The first-order chi connectivity index (χ1) is 10.2. The molecule has 0 atom stereocenters. The van der Waals surface area contributed by atoms with Crippen molar-refractivity contribution >= 4 is 34.3 Å². The van der Waals surface area contributed by atoms with Gasteiger partial charge in [0.15, 0.2) is 0 Å². The predicted octanol–water partition coefficient (Wildman–Crippen LogP) is 2.17. The molecule has 0 saturated carbocycles. The maximum atomic E-state index is 13.3. The minimum atomic E-state index is -0.645. The predicted molar refractivity (Wildman–Crippen MR) is 84.7 cm³/mol. The molecule has 0 aliphatic heterocycles. The molecule has 6 nitrogen and oxygen atoms in total. The Morgan fingerprint density at radius 3 is 2.77 bits per heavy atom. The number of benzene rings is 1. The number of H-pyrrole nitrogens is 1. The number of carbonyl (C=O) groups excluding carboxylic acids is 1. The Bertz CT molecular complexity index is 789. The number of thiocarbonyl (C=S) groups is 1. The number of alkyl carbamates (subject to hydrolysis) is 1.